The number of benzene rings is 2. The van der Waals surface area contributed by atoms with E-state index in [-0.39, 0.29) is 18.6 Å². The molecule has 0 bridgehead atoms. The lowest BCUT2D eigenvalue weighted by Gasteiger charge is -2.18. The first-order chi connectivity index (χ1) is 12.9. The molecule has 0 radical (unpaired) electrons. The van der Waals surface area contributed by atoms with Crippen LogP contribution < -0.4 is 10.2 Å². The number of aromatic nitrogens is 1. The Labute approximate surface area is 161 Å². The third kappa shape index (κ3) is 3.30. The predicted molar refractivity (Wildman–Crippen MR) is 109 cm³/mol. The molecule has 6 heteroatoms. The smallest absolute Gasteiger partial charge is 0.325 e. The van der Waals surface area contributed by atoms with Crippen LogP contribution in [0.5, 0.6) is 5.75 Å². The summed E-state index contributed by atoms with van der Waals surface area (Å²) in [5.74, 6) is -0.0651. The quantitative estimate of drug-likeness (QED) is 0.482. The molecule has 0 saturated heterocycles. The highest BCUT2D eigenvalue weighted by molar-refractivity contribution is 6.33. The highest BCUT2D eigenvalue weighted by atomic mass is 35.5. The van der Waals surface area contributed by atoms with Crippen LogP contribution in [0.4, 0.5) is 0 Å². The molecule has 0 saturated carbocycles. The fourth-order valence-corrected chi connectivity index (χ4v) is 3.40. The molecule has 1 aromatic heterocycles. The highest BCUT2D eigenvalue weighted by Crippen LogP contribution is 2.34. The first-order valence-corrected chi connectivity index (χ1v) is 8.91. The molecule has 0 N–H and O–H groups in total. The Bertz CT molecular complexity index is 1130. The van der Waals surface area contributed by atoms with E-state index in [4.69, 9.17) is 21.1 Å². The number of halogens is 1. The minimum Gasteiger partial charge on any atom is -0.493 e. The van der Waals surface area contributed by atoms with Crippen molar-refractivity contribution in [1.82, 2.24) is 4.57 Å². The van der Waals surface area contributed by atoms with E-state index in [0.29, 0.717) is 32.6 Å². The standard InChI is InChI=1S/C21H20ClNO4/c1-5-27-18(24)11-23-17-10-13(12(2)3)6-7-14(17)20(25)15-8-9-16(22)21(26-4)19(15)23/h6-10H,2,5,11H2,1,3-4H3. The van der Waals surface area contributed by atoms with Crippen molar-refractivity contribution in [2.24, 2.45) is 0 Å². The van der Waals surface area contributed by atoms with E-state index in [2.05, 4.69) is 6.58 Å². The minimum atomic E-state index is -0.411. The highest BCUT2D eigenvalue weighted by Gasteiger charge is 2.19. The number of esters is 1. The summed E-state index contributed by atoms with van der Waals surface area (Å²) in [6, 6.07) is 8.71. The van der Waals surface area contributed by atoms with Gasteiger partial charge in [-0.1, -0.05) is 29.8 Å². The molecule has 0 fully saturated rings. The third-order valence-corrected chi connectivity index (χ3v) is 4.72. The largest absolute Gasteiger partial charge is 0.493 e. The lowest BCUT2D eigenvalue weighted by atomic mass is 10.0. The first kappa shape index (κ1) is 19.0. The normalized spacial score (nSPS) is 11.0. The molecule has 2 aromatic carbocycles. The molecular formula is C21H20ClNO4. The zero-order chi connectivity index (χ0) is 19.7. The van der Waals surface area contributed by atoms with E-state index < -0.39 is 5.97 Å². The second-order valence-corrected chi connectivity index (χ2v) is 6.62. The van der Waals surface area contributed by atoms with Gasteiger partial charge in [-0.15, -0.1) is 0 Å². The number of ether oxygens (including phenoxy) is 2. The van der Waals surface area contributed by atoms with Gasteiger partial charge in [0.15, 0.2) is 11.2 Å². The summed E-state index contributed by atoms with van der Waals surface area (Å²) in [6.45, 7) is 7.78. The summed E-state index contributed by atoms with van der Waals surface area (Å²) >= 11 is 6.29. The van der Waals surface area contributed by atoms with Gasteiger partial charge < -0.3 is 14.0 Å². The molecule has 27 heavy (non-hydrogen) atoms. The van der Waals surface area contributed by atoms with Crippen LogP contribution >= 0.6 is 11.6 Å². The van der Waals surface area contributed by atoms with Crippen LogP contribution in [0.1, 0.15) is 19.4 Å². The Morgan fingerprint density at radius 1 is 1.22 bits per heavy atom. The molecular weight excluding hydrogens is 366 g/mol. The van der Waals surface area contributed by atoms with Crippen LogP contribution in [0.2, 0.25) is 5.02 Å². The second-order valence-electron chi connectivity index (χ2n) is 6.21. The maximum atomic E-state index is 13.1. The van der Waals surface area contributed by atoms with Gasteiger partial charge in [-0.3, -0.25) is 9.59 Å². The van der Waals surface area contributed by atoms with Gasteiger partial charge in [0.05, 0.1) is 35.2 Å². The van der Waals surface area contributed by atoms with Crippen molar-refractivity contribution in [2.45, 2.75) is 20.4 Å². The molecule has 0 aliphatic carbocycles. The van der Waals surface area contributed by atoms with E-state index in [1.165, 1.54) is 7.11 Å². The van der Waals surface area contributed by atoms with Crippen LogP contribution in [0, 0.1) is 0 Å². The maximum Gasteiger partial charge on any atom is 0.325 e. The number of methoxy groups -OCH3 is 1. The van der Waals surface area contributed by atoms with Crippen LogP contribution in [-0.4, -0.2) is 24.3 Å². The minimum absolute atomic E-state index is 0.0720. The number of fused-ring (bicyclic) bond motifs is 2. The van der Waals surface area contributed by atoms with Gasteiger partial charge in [0, 0.05) is 5.39 Å². The number of hydrogen-bond acceptors (Lipinski definition) is 4. The molecule has 3 rings (SSSR count). The van der Waals surface area contributed by atoms with Gasteiger partial charge >= 0.3 is 5.97 Å². The summed E-state index contributed by atoms with van der Waals surface area (Å²) in [5, 5.41) is 1.29. The van der Waals surface area contributed by atoms with Crippen LogP contribution in [-0.2, 0) is 16.1 Å². The predicted octanol–water partition coefficient (Wildman–Crippen LogP) is 4.41. The zero-order valence-corrected chi connectivity index (χ0v) is 16.2. The lowest BCUT2D eigenvalue weighted by Crippen LogP contribution is -2.19. The topological polar surface area (TPSA) is 57.5 Å². The average Bonchev–Trinajstić information content (AvgIpc) is 2.64. The monoisotopic (exact) mass is 385 g/mol. The molecule has 1 heterocycles. The van der Waals surface area contributed by atoms with E-state index in [1.54, 1.807) is 29.7 Å². The van der Waals surface area contributed by atoms with E-state index in [1.807, 2.05) is 19.1 Å². The molecule has 5 nitrogen and oxygen atoms in total. The van der Waals surface area contributed by atoms with E-state index >= 15 is 0 Å². The molecule has 3 aromatic rings. The van der Waals surface area contributed by atoms with Crippen LogP contribution in [0.3, 0.4) is 0 Å². The molecule has 0 atom stereocenters. The van der Waals surface area contributed by atoms with Crippen LogP contribution in [0.15, 0.2) is 41.7 Å². The summed E-state index contributed by atoms with van der Waals surface area (Å²) in [5.41, 5.74) is 2.64. The Balaban J connectivity index is 2.51. The Hall–Kier alpha value is -2.79. The van der Waals surface area contributed by atoms with Crippen molar-refractivity contribution in [3.63, 3.8) is 0 Å². The molecule has 0 aliphatic heterocycles. The first-order valence-electron chi connectivity index (χ1n) is 8.53. The number of hydrogen-bond donors (Lipinski definition) is 0. The SMILES string of the molecule is C=C(C)c1ccc2c(=O)c3ccc(Cl)c(OC)c3n(CC(=O)OCC)c2c1. The number of allylic oxidation sites excluding steroid dienone is 1. The van der Waals surface area contributed by atoms with Gasteiger partial charge in [-0.05, 0) is 43.7 Å². The van der Waals surface area contributed by atoms with Crippen LogP contribution in [0.25, 0.3) is 27.4 Å². The van der Waals surface area contributed by atoms with Gasteiger partial charge in [0.1, 0.15) is 6.54 Å². The van der Waals surface area contributed by atoms with Gasteiger partial charge in [-0.2, -0.15) is 0 Å². The average molecular weight is 386 g/mol. The van der Waals surface area contributed by atoms with Gasteiger partial charge in [-0.25, -0.2) is 0 Å². The van der Waals surface area contributed by atoms with Crippen molar-refractivity contribution >= 4 is 44.9 Å². The molecule has 0 amide bonds. The number of carbonyl (C=O) groups excluding carboxylic acids is 1. The molecule has 140 valence electrons. The fraction of sp³-hybridized carbons (Fsp3) is 0.238. The lowest BCUT2D eigenvalue weighted by molar-refractivity contribution is -0.143. The number of carbonyl (C=O) groups is 1. The molecule has 0 spiro atoms. The third-order valence-electron chi connectivity index (χ3n) is 4.42. The van der Waals surface area contributed by atoms with Crippen molar-refractivity contribution < 1.29 is 14.3 Å². The Kier molecular flexibility index (Phi) is 5.24. The van der Waals surface area contributed by atoms with Crippen molar-refractivity contribution in [2.75, 3.05) is 13.7 Å². The second kappa shape index (κ2) is 7.45. The van der Waals surface area contributed by atoms with E-state index in [0.717, 1.165) is 11.1 Å². The number of pyridine rings is 1. The van der Waals surface area contributed by atoms with Crippen molar-refractivity contribution in [1.29, 1.82) is 0 Å². The zero-order valence-electron chi connectivity index (χ0n) is 15.5. The summed E-state index contributed by atoms with van der Waals surface area (Å²) in [6.07, 6.45) is 0. The van der Waals surface area contributed by atoms with E-state index in [9.17, 15) is 9.59 Å². The maximum absolute atomic E-state index is 13.1. The number of nitrogens with zero attached hydrogens (tertiary/aromatic N) is 1. The summed E-state index contributed by atoms with van der Waals surface area (Å²) in [4.78, 5) is 25.3. The van der Waals surface area contributed by atoms with Gasteiger partial charge in [0.25, 0.3) is 0 Å². The molecule has 0 unspecified atom stereocenters. The Morgan fingerprint density at radius 3 is 2.56 bits per heavy atom. The summed E-state index contributed by atoms with van der Waals surface area (Å²) < 4.78 is 12.3. The van der Waals surface area contributed by atoms with Gasteiger partial charge in [0.2, 0.25) is 0 Å². The molecule has 0 aliphatic rings. The van der Waals surface area contributed by atoms with Crippen molar-refractivity contribution in [3.05, 3.63) is 57.7 Å². The fourth-order valence-electron chi connectivity index (χ4n) is 3.17. The Morgan fingerprint density at radius 2 is 1.93 bits per heavy atom. The summed E-state index contributed by atoms with van der Waals surface area (Å²) in [7, 11) is 1.48. The van der Waals surface area contributed by atoms with Crippen molar-refractivity contribution in [3.8, 4) is 5.75 Å². The number of rotatable bonds is 5.